The summed E-state index contributed by atoms with van der Waals surface area (Å²) in [7, 11) is 0. The quantitative estimate of drug-likeness (QED) is 0.643. The van der Waals surface area contributed by atoms with E-state index in [4.69, 9.17) is 4.74 Å². The van der Waals surface area contributed by atoms with Crippen molar-refractivity contribution < 1.29 is 32.2 Å². The summed E-state index contributed by atoms with van der Waals surface area (Å²) in [5.74, 6) is -1.51. The van der Waals surface area contributed by atoms with Gasteiger partial charge in [0, 0.05) is 12.6 Å². The maximum absolute atomic E-state index is 12.0. The molecule has 0 spiro atoms. The van der Waals surface area contributed by atoms with Gasteiger partial charge in [-0.25, -0.2) is 4.79 Å². The lowest BCUT2D eigenvalue weighted by molar-refractivity contribution is -0.274. The summed E-state index contributed by atoms with van der Waals surface area (Å²) in [5.41, 5.74) is 0.474. The van der Waals surface area contributed by atoms with E-state index >= 15 is 0 Å². The average molecular weight is 331 g/mol. The molecule has 1 aromatic carbocycles. The first-order chi connectivity index (χ1) is 10.7. The smallest absolute Gasteiger partial charge is 0.449 e. The van der Waals surface area contributed by atoms with Crippen molar-refractivity contribution in [2.24, 2.45) is 0 Å². The molecular weight excluding hydrogens is 315 g/mol. The second kappa shape index (κ2) is 8.21. The zero-order valence-corrected chi connectivity index (χ0v) is 12.5. The standard InChI is InChI=1S/C15H16F3NO4/c1-3-19-14(21)10(2)22-13(20)9-6-11-4-7-12(8-5-11)23-15(16,17)18/h4-10H,3H2,1-2H3,(H,19,21)/b9-6+/t10-/m1/s1. The molecule has 0 aliphatic heterocycles. The highest BCUT2D eigenvalue weighted by atomic mass is 19.4. The highest BCUT2D eigenvalue weighted by Gasteiger charge is 2.30. The third kappa shape index (κ3) is 7.35. The van der Waals surface area contributed by atoms with Gasteiger partial charge in [0.2, 0.25) is 0 Å². The molecule has 0 fully saturated rings. The Morgan fingerprint density at radius 3 is 2.39 bits per heavy atom. The van der Waals surface area contributed by atoms with Gasteiger partial charge in [0.1, 0.15) is 5.75 Å². The van der Waals surface area contributed by atoms with Gasteiger partial charge in [-0.05, 0) is 37.6 Å². The molecule has 0 saturated heterocycles. The van der Waals surface area contributed by atoms with Crippen LogP contribution in [0, 0.1) is 0 Å². The summed E-state index contributed by atoms with van der Waals surface area (Å²) in [6, 6.07) is 4.93. The maximum Gasteiger partial charge on any atom is 0.573 e. The van der Waals surface area contributed by atoms with Crippen LogP contribution in [0.5, 0.6) is 5.75 Å². The lowest BCUT2D eigenvalue weighted by Gasteiger charge is -2.10. The third-order valence-electron chi connectivity index (χ3n) is 2.54. The summed E-state index contributed by atoms with van der Waals surface area (Å²) in [6.07, 6.45) is -3.26. The summed E-state index contributed by atoms with van der Waals surface area (Å²) < 4.78 is 44.6. The van der Waals surface area contributed by atoms with E-state index in [0.717, 1.165) is 18.2 Å². The topological polar surface area (TPSA) is 64.6 Å². The van der Waals surface area contributed by atoms with E-state index < -0.39 is 24.3 Å². The molecule has 0 heterocycles. The first kappa shape index (κ1) is 18.5. The number of ether oxygens (including phenoxy) is 2. The van der Waals surface area contributed by atoms with Gasteiger partial charge in [0.25, 0.3) is 5.91 Å². The minimum absolute atomic E-state index is 0.359. The highest BCUT2D eigenvalue weighted by molar-refractivity contribution is 5.90. The van der Waals surface area contributed by atoms with Gasteiger partial charge in [-0.1, -0.05) is 12.1 Å². The van der Waals surface area contributed by atoms with Crippen LogP contribution < -0.4 is 10.1 Å². The number of nitrogens with one attached hydrogen (secondary N) is 1. The first-order valence-corrected chi connectivity index (χ1v) is 6.73. The molecule has 0 radical (unpaired) electrons. The Kier molecular flexibility index (Phi) is 6.62. The summed E-state index contributed by atoms with van der Waals surface area (Å²) in [5, 5.41) is 2.50. The molecule has 1 amide bonds. The Hall–Kier alpha value is -2.51. The number of hydrogen-bond donors (Lipinski definition) is 1. The molecule has 0 saturated carbocycles. The van der Waals surface area contributed by atoms with E-state index in [9.17, 15) is 22.8 Å². The second-order valence-electron chi connectivity index (χ2n) is 4.42. The predicted molar refractivity (Wildman–Crippen MR) is 76.4 cm³/mol. The van der Waals surface area contributed by atoms with Crippen LogP contribution in [0.4, 0.5) is 13.2 Å². The van der Waals surface area contributed by atoms with Crippen molar-refractivity contribution >= 4 is 18.0 Å². The van der Waals surface area contributed by atoms with E-state index in [2.05, 4.69) is 10.1 Å². The largest absolute Gasteiger partial charge is 0.573 e. The van der Waals surface area contributed by atoms with Crippen LogP contribution >= 0.6 is 0 Å². The Morgan fingerprint density at radius 2 is 1.87 bits per heavy atom. The predicted octanol–water partition coefficient (Wildman–Crippen LogP) is 2.67. The molecule has 1 rings (SSSR count). The van der Waals surface area contributed by atoms with E-state index in [1.807, 2.05) is 0 Å². The van der Waals surface area contributed by atoms with Crippen LogP contribution in [0.15, 0.2) is 30.3 Å². The number of halogens is 3. The molecule has 0 unspecified atom stereocenters. The van der Waals surface area contributed by atoms with Crippen molar-refractivity contribution in [2.75, 3.05) is 6.54 Å². The van der Waals surface area contributed by atoms with E-state index in [1.54, 1.807) is 6.92 Å². The van der Waals surface area contributed by atoms with E-state index in [-0.39, 0.29) is 5.75 Å². The Bertz CT molecular complexity index is 567. The molecule has 8 heteroatoms. The highest BCUT2D eigenvalue weighted by Crippen LogP contribution is 2.22. The number of carbonyl (C=O) groups is 2. The monoisotopic (exact) mass is 331 g/mol. The molecule has 1 atom stereocenters. The molecule has 0 aliphatic carbocycles. The number of amides is 1. The van der Waals surface area contributed by atoms with Crippen LogP contribution in [-0.4, -0.2) is 30.9 Å². The molecule has 5 nitrogen and oxygen atoms in total. The molecule has 1 aromatic rings. The summed E-state index contributed by atoms with van der Waals surface area (Å²) in [4.78, 5) is 22.9. The number of esters is 1. The lowest BCUT2D eigenvalue weighted by atomic mass is 10.2. The van der Waals surface area contributed by atoms with E-state index in [1.165, 1.54) is 25.1 Å². The molecule has 23 heavy (non-hydrogen) atoms. The van der Waals surface area contributed by atoms with Crippen molar-refractivity contribution in [3.05, 3.63) is 35.9 Å². The Morgan fingerprint density at radius 1 is 1.26 bits per heavy atom. The van der Waals surface area contributed by atoms with Gasteiger partial charge >= 0.3 is 12.3 Å². The summed E-state index contributed by atoms with van der Waals surface area (Å²) >= 11 is 0. The number of benzene rings is 1. The SMILES string of the molecule is CCNC(=O)[C@@H](C)OC(=O)/C=C/c1ccc(OC(F)(F)F)cc1. The normalized spacial score (nSPS) is 12.7. The van der Waals surface area contributed by atoms with Gasteiger partial charge in [0.05, 0.1) is 0 Å². The first-order valence-electron chi connectivity index (χ1n) is 6.73. The van der Waals surface area contributed by atoms with E-state index in [0.29, 0.717) is 12.1 Å². The van der Waals surface area contributed by atoms with Gasteiger partial charge in [-0.2, -0.15) is 0 Å². The fourth-order valence-electron chi connectivity index (χ4n) is 1.53. The zero-order valence-electron chi connectivity index (χ0n) is 12.5. The minimum Gasteiger partial charge on any atom is -0.449 e. The molecule has 0 aliphatic rings. The van der Waals surface area contributed by atoms with Crippen molar-refractivity contribution in [3.63, 3.8) is 0 Å². The average Bonchev–Trinajstić information content (AvgIpc) is 2.45. The van der Waals surface area contributed by atoms with Crippen LogP contribution in [0.3, 0.4) is 0 Å². The van der Waals surface area contributed by atoms with Crippen molar-refractivity contribution in [1.82, 2.24) is 5.32 Å². The Labute approximate surface area is 131 Å². The number of rotatable bonds is 6. The molecule has 0 aromatic heterocycles. The van der Waals surface area contributed by atoms with Crippen LogP contribution in [0.1, 0.15) is 19.4 Å². The van der Waals surface area contributed by atoms with Gasteiger partial charge in [-0.3, -0.25) is 4.79 Å². The van der Waals surface area contributed by atoms with Crippen LogP contribution in [0.2, 0.25) is 0 Å². The summed E-state index contributed by atoms with van der Waals surface area (Å²) in [6.45, 7) is 3.58. The molecular formula is C15H16F3NO4. The molecule has 126 valence electrons. The molecule has 0 bridgehead atoms. The van der Waals surface area contributed by atoms with Crippen molar-refractivity contribution in [1.29, 1.82) is 0 Å². The zero-order chi connectivity index (χ0) is 17.5. The number of likely N-dealkylation sites (N-methyl/N-ethyl adjacent to an activating group) is 1. The van der Waals surface area contributed by atoms with Crippen LogP contribution in [-0.2, 0) is 14.3 Å². The Balaban J connectivity index is 2.56. The van der Waals surface area contributed by atoms with Gasteiger partial charge in [0.15, 0.2) is 6.10 Å². The third-order valence-corrected chi connectivity index (χ3v) is 2.54. The van der Waals surface area contributed by atoms with Crippen molar-refractivity contribution in [3.8, 4) is 5.75 Å². The number of carbonyl (C=O) groups excluding carboxylic acids is 2. The molecule has 1 N–H and O–H groups in total. The second-order valence-corrected chi connectivity index (χ2v) is 4.42. The fourth-order valence-corrected chi connectivity index (χ4v) is 1.53. The minimum atomic E-state index is -4.75. The fraction of sp³-hybridized carbons (Fsp3) is 0.333. The maximum atomic E-state index is 12.0. The van der Waals surface area contributed by atoms with Gasteiger partial charge < -0.3 is 14.8 Å². The van der Waals surface area contributed by atoms with Crippen molar-refractivity contribution in [2.45, 2.75) is 26.3 Å². The van der Waals surface area contributed by atoms with Crippen LogP contribution in [0.25, 0.3) is 6.08 Å². The van der Waals surface area contributed by atoms with Gasteiger partial charge in [-0.15, -0.1) is 13.2 Å². The number of alkyl halides is 3. The number of hydrogen-bond acceptors (Lipinski definition) is 4. The lowest BCUT2D eigenvalue weighted by Crippen LogP contribution is -2.35.